The van der Waals surface area contributed by atoms with Crippen molar-refractivity contribution in [2.45, 2.75) is 13.3 Å². The van der Waals surface area contributed by atoms with Crippen LogP contribution in [0.4, 0.5) is 0 Å². The predicted molar refractivity (Wildman–Crippen MR) is 97.7 cm³/mol. The fourth-order valence-corrected chi connectivity index (χ4v) is 2.87. The van der Waals surface area contributed by atoms with Crippen LogP contribution in [0.2, 0.25) is 0 Å². The number of aliphatic imine (C=N–C) groups is 1. The molecule has 0 aromatic heterocycles. The van der Waals surface area contributed by atoms with Gasteiger partial charge in [-0.15, -0.1) is 0 Å². The molecule has 1 rings (SSSR count). The first kappa shape index (κ1) is 20.8. The van der Waals surface area contributed by atoms with Crippen LogP contribution in [0.25, 0.3) is 0 Å². The molecule has 1 atom stereocenters. The maximum absolute atomic E-state index is 12.6. The van der Waals surface area contributed by atoms with Crippen molar-refractivity contribution in [2.75, 3.05) is 33.3 Å². The fraction of sp³-hybridized carbons (Fsp3) is 0.471. The van der Waals surface area contributed by atoms with Crippen LogP contribution >= 0.6 is 11.8 Å². The SMILES string of the molecule is CCC(C(=O)O)C(CSC)=NC(=O)c1cc(OC)c(OC)c(OC)c1. The molecule has 1 unspecified atom stereocenters. The van der Waals surface area contributed by atoms with Crippen molar-refractivity contribution in [3.8, 4) is 17.2 Å². The van der Waals surface area contributed by atoms with Crippen molar-refractivity contribution in [3.05, 3.63) is 17.7 Å². The van der Waals surface area contributed by atoms with Crippen LogP contribution < -0.4 is 14.2 Å². The first-order valence-corrected chi connectivity index (χ1v) is 8.96. The van der Waals surface area contributed by atoms with Gasteiger partial charge < -0.3 is 19.3 Å². The van der Waals surface area contributed by atoms with Gasteiger partial charge >= 0.3 is 5.97 Å². The van der Waals surface area contributed by atoms with Gasteiger partial charge in [0.05, 0.1) is 27.2 Å². The number of methoxy groups -OCH3 is 3. The summed E-state index contributed by atoms with van der Waals surface area (Å²) in [7, 11) is 4.37. The summed E-state index contributed by atoms with van der Waals surface area (Å²) in [6, 6.07) is 2.98. The molecule has 1 N–H and O–H groups in total. The molecule has 0 aliphatic heterocycles. The third kappa shape index (κ3) is 5.12. The molecule has 25 heavy (non-hydrogen) atoms. The van der Waals surface area contributed by atoms with E-state index in [2.05, 4.69) is 4.99 Å². The monoisotopic (exact) mass is 369 g/mol. The van der Waals surface area contributed by atoms with Gasteiger partial charge in [-0.05, 0) is 24.8 Å². The molecule has 0 saturated carbocycles. The number of carboxylic acids is 1. The number of carbonyl (C=O) groups is 2. The molecule has 0 radical (unpaired) electrons. The highest BCUT2D eigenvalue weighted by molar-refractivity contribution is 7.99. The van der Waals surface area contributed by atoms with Crippen LogP contribution in [0, 0.1) is 5.92 Å². The zero-order valence-electron chi connectivity index (χ0n) is 15.0. The Morgan fingerprint density at radius 3 is 2.08 bits per heavy atom. The Balaban J connectivity index is 3.34. The molecule has 0 fully saturated rings. The lowest BCUT2D eigenvalue weighted by Gasteiger charge is -2.14. The summed E-state index contributed by atoms with van der Waals surface area (Å²) in [5.74, 6) is -0.948. The topological polar surface area (TPSA) is 94.4 Å². The Bertz CT molecular complexity index is 634. The van der Waals surface area contributed by atoms with E-state index in [-0.39, 0.29) is 5.56 Å². The lowest BCUT2D eigenvalue weighted by molar-refractivity contribution is -0.139. The molecule has 138 valence electrons. The number of carbonyl (C=O) groups excluding carboxylic acids is 1. The van der Waals surface area contributed by atoms with Gasteiger partial charge in [0.1, 0.15) is 0 Å². The van der Waals surface area contributed by atoms with Gasteiger partial charge in [0.2, 0.25) is 5.75 Å². The molecular weight excluding hydrogens is 346 g/mol. The lowest BCUT2D eigenvalue weighted by atomic mass is 10.0. The number of carboxylic acid groups (broad SMARTS) is 1. The van der Waals surface area contributed by atoms with Crippen LogP contribution in [0.1, 0.15) is 23.7 Å². The van der Waals surface area contributed by atoms with Crippen LogP contribution in [-0.4, -0.2) is 56.0 Å². The van der Waals surface area contributed by atoms with Gasteiger partial charge in [-0.25, -0.2) is 4.99 Å². The second kappa shape index (κ2) is 9.93. The molecule has 7 nitrogen and oxygen atoms in total. The van der Waals surface area contributed by atoms with Gasteiger partial charge in [0.15, 0.2) is 11.5 Å². The van der Waals surface area contributed by atoms with Crippen molar-refractivity contribution in [3.63, 3.8) is 0 Å². The van der Waals surface area contributed by atoms with E-state index >= 15 is 0 Å². The van der Waals surface area contributed by atoms with E-state index in [4.69, 9.17) is 14.2 Å². The Hall–Kier alpha value is -2.22. The number of hydrogen-bond donors (Lipinski definition) is 1. The Morgan fingerprint density at radius 1 is 1.16 bits per heavy atom. The number of amides is 1. The van der Waals surface area contributed by atoms with Crippen molar-refractivity contribution in [1.29, 1.82) is 0 Å². The van der Waals surface area contributed by atoms with E-state index < -0.39 is 17.8 Å². The highest BCUT2D eigenvalue weighted by Gasteiger charge is 2.24. The van der Waals surface area contributed by atoms with E-state index in [0.29, 0.717) is 35.1 Å². The first-order chi connectivity index (χ1) is 11.9. The number of thioether (sulfide) groups is 1. The van der Waals surface area contributed by atoms with Crippen molar-refractivity contribution >= 4 is 29.4 Å². The standard InChI is InChI=1S/C17H23NO6S/c1-6-11(17(20)21)12(9-25-5)18-16(19)10-7-13(22-2)15(24-4)14(8-10)23-3/h7-8,11H,6,9H2,1-5H3,(H,20,21). The maximum atomic E-state index is 12.6. The van der Waals surface area contributed by atoms with Gasteiger partial charge in [-0.2, -0.15) is 11.8 Å². The van der Waals surface area contributed by atoms with Gasteiger partial charge in [-0.1, -0.05) is 6.92 Å². The van der Waals surface area contributed by atoms with E-state index in [1.807, 2.05) is 6.26 Å². The molecule has 0 aliphatic carbocycles. The highest BCUT2D eigenvalue weighted by Crippen LogP contribution is 2.38. The Labute approximate surface area is 151 Å². The zero-order chi connectivity index (χ0) is 19.0. The molecule has 1 aromatic carbocycles. The molecule has 1 amide bonds. The second-order valence-electron chi connectivity index (χ2n) is 5.05. The number of benzene rings is 1. The average molecular weight is 369 g/mol. The van der Waals surface area contributed by atoms with Crippen molar-refractivity contribution < 1.29 is 28.9 Å². The quantitative estimate of drug-likeness (QED) is 0.669. The van der Waals surface area contributed by atoms with E-state index in [0.717, 1.165) is 0 Å². The molecule has 0 saturated heterocycles. The molecule has 1 aromatic rings. The van der Waals surface area contributed by atoms with E-state index in [1.165, 1.54) is 45.2 Å². The zero-order valence-corrected chi connectivity index (χ0v) is 15.8. The van der Waals surface area contributed by atoms with Crippen LogP contribution in [0.15, 0.2) is 17.1 Å². The Morgan fingerprint density at radius 2 is 1.72 bits per heavy atom. The number of nitrogens with zero attached hydrogens (tertiary/aromatic N) is 1. The minimum Gasteiger partial charge on any atom is -0.493 e. The molecule has 8 heteroatoms. The third-order valence-electron chi connectivity index (χ3n) is 3.56. The summed E-state index contributed by atoms with van der Waals surface area (Å²) in [6.07, 6.45) is 2.19. The Kier molecular flexibility index (Phi) is 8.27. The van der Waals surface area contributed by atoms with Crippen molar-refractivity contribution in [2.24, 2.45) is 10.9 Å². The largest absolute Gasteiger partial charge is 0.493 e. The van der Waals surface area contributed by atoms with Crippen LogP contribution in [-0.2, 0) is 4.79 Å². The predicted octanol–water partition coefficient (Wildman–Crippen LogP) is 2.77. The number of rotatable bonds is 9. The molecular formula is C17H23NO6S. The molecule has 0 bridgehead atoms. The molecule has 0 spiro atoms. The summed E-state index contributed by atoms with van der Waals surface area (Å²) in [5.41, 5.74) is 0.564. The maximum Gasteiger partial charge on any atom is 0.312 e. The number of ether oxygens (including phenoxy) is 3. The normalized spacial score (nSPS) is 12.4. The highest BCUT2D eigenvalue weighted by atomic mass is 32.2. The third-order valence-corrected chi connectivity index (χ3v) is 4.14. The summed E-state index contributed by atoms with van der Waals surface area (Å²) in [5, 5.41) is 9.33. The minimum absolute atomic E-state index is 0.230. The fourth-order valence-electron chi connectivity index (χ4n) is 2.31. The molecule has 0 aliphatic rings. The van der Waals surface area contributed by atoms with Crippen LogP contribution in [0.5, 0.6) is 17.2 Å². The average Bonchev–Trinajstić information content (AvgIpc) is 2.60. The summed E-state index contributed by atoms with van der Waals surface area (Å²) in [4.78, 5) is 28.0. The first-order valence-electron chi connectivity index (χ1n) is 7.56. The number of aliphatic carboxylic acids is 1. The lowest BCUT2D eigenvalue weighted by Crippen LogP contribution is -2.26. The summed E-state index contributed by atoms with van der Waals surface area (Å²) >= 11 is 1.41. The van der Waals surface area contributed by atoms with Gasteiger partial charge in [0, 0.05) is 17.0 Å². The van der Waals surface area contributed by atoms with Gasteiger partial charge in [-0.3, -0.25) is 9.59 Å². The molecule has 0 heterocycles. The van der Waals surface area contributed by atoms with Gasteiger partial charge in [0.25, 0.3) is 5.91 Å². The smallest absolute Gasteiger partial charge is 0.312 e. The summed E-state index contributed by atoms with van der Waals surface area (Å²) < 4.78 is 15.7. The van der Waals surface area contributed by atoms with E-state index in [9.17, 15) is 14.7 Å². The van der Waals surface area contributed by atoms with E-state index in [1.54, 1.807) is 6.92 Å². The minimum atomic E-state index is -0.993. The number of hydrogen-bond acceptors (Lipinski definition) is 6. The van der Waals surface area contributed by atoms with Crippen molar-refractivity contribution in [1.82, 2.24) is 0 Å². The summed E-state index contributed by atoms with van der Waals surface area (Å²) in [6.45, 7) is 1.75. The second-order valence-corrected chi connectivity index (χ2v) is 5.92. The van der Waals surface area contributed by atoms with Crippen LogP contribution in [0.3, 0.4) is 0 Å².